The summed E-state index contributed by atoms with van der Waals surface area (Å²) in [6.45, 7) is 3.87. The minimum Gasteiger partial charge on any atom is -0.478 e. The maximum atomic E-state index is 10.5. The van der Waals surface area contributed by atoms with Gasteiger partial charge in [-0.1, -0.05) is 25.8 Å². The van der Waals surface area contributed by atoms with Crippen molar-refractivity contribution in [3.8, 4) is 0 Å². The normalized spacial score (nSPS) is 30.7. The number of hydrogen-bond acceptors (Lipinski definition) is 1. The molecule has 0 saturated heterocycles. The molecule has 1 fully saturated rings. The van der Waals surface area contributed by atoms with Gasteiger partial charge in [-0.2, -0.15) is 0 Å². The summed E-state index contributed by atoms with van der Waals surface area (Å²) in [4.78, 5) is 10.5. The van der Waals surface area contributed by atoms with Crippen molar-refractivity contribution in [2.24, 2.45) is 11.8 Å². The van der Waals surface area contributed by atoms with Gasteiger partial charge in [-0.3, -0.25) is 0 Å². The molecule has 2 unspecified atom stereocenters. The molecule has 12 heavy (non-hydrogen) atoms. The van der Waals surface area contributed by atoms with Crippen molar-refractivity contribution in [1.29, 1.82) is 0 Å². The Hall–Kier alpha value is -0.790. The van der Waals surface area contributed by atoms with E-state index in [-0.39, 0.29) is 0 Å². The molecule has 0 bridgehead atoms. The molecule has 0 aromatic rings. The van der Waals surface area contributed by atoms with Crippen LogP contribution in [0.4, 0.5) is 0 Å². The number of carbonyl (C=O) groups is 1. The molecule has 2 nitrogen and oxygen atoms in total. The van der Waals surface area contributed by atoms with E-state index in [9.17, 15) is 4.79 Å². The first-order valence-electron chi connectivity index (χ1n) is 4.53. The Morgan fingerprint density at radius 3 is 2.58 bits per heavy atom. The highest BCUT2D eigenvalue weighted by Crippen LogP contribution is 2.32. The maximum absolute atomic E-state index is 10.5. The van der Waals surface area contributed by atoms with Crippen LogP contribution in [0.25, 0.3) is 0 Å². The molecule has 1 aliphatic carbocycles. The minimum absolute atomic E-state index is 0.494. The zero-order valence-electron chi connectivity index (χ0n) is 7.71. The van der Waals surface area contributed by atoms with Crippen LogP contribution in [0.1, 0.15) is 33.1 Å². The van der Waals surface area contributed by atoms with Gasteiger partial charge in [-0.05, 0) is 25.2 Å². The lowest BCUT2D eigenvalue weighted by Gasteiger charge is -2.09. The first kappa shape index (κ1) is 9.30. The molecular formula is C10H16O2. The van der Waals surface area contributed by atoms with Crippen LogP contribution in [0, 0.1) is 11.8 Å². The fourth-order valence-electron chi connectivity index (χ4n) is 1.81. The second-order valence-corrected chi connectivity index (χ2v) is 3.73. The topological polar surface area (TPSA) is 37.3 Å². The number of carboxylic acids is 1. The fraction of sp³-hybridized carbons (Fsp3) is 0.700. The Bertz CT molecular complexity index is 206. The van der Waals surface area contributed by atoms with Crippen molar-refractivity contribution in [3.63, 3.8) is 0 Å². The third kappa shape index (κ3) is 2.10. The third-order valence-corrected chi connectivity index (χ3v) is 2.73. The Balaban J connectivity index is 2.59. The van der Waals surface area contributed by atoms with E-state index in [0.717, 1.165) is 6.42 Å². The smallest absolute Gasteiger partial charge is 0.330 e. The van der Waals surface area contributed by atoms with Gasteiger partial charge in [0.1, 0.15) is 0 Å². The van der Waals surface area contributed by atoms with Gasteiger partial charge < -0.3 is 5.11 Å². The average molecular weight is 168 g/mol. The SMILES string of the molecule is C/C(=C\C1CCCC1C)C(=O)O. The van der Waals surface area contributed by atoms with Crippen LogP contribution in [-0.4, -0.2) is 11.1 Å². The van der Waals surface area contributed by atoms with E-state index in [0.29, 0.717) is 17.4 Å². The van der Waals surface area contributed by atoms with Crippen molar-refractivity contribution < 1.29 is 9.90 Å². The van der Waals surface area contributed by atoms with Gasteiger partial charge >= 0.3 is 5.97 Å². The molecule has 0 spiro atoms. The molecule has 1 aliphatic rings. The average Bonchev–Trinajstić information content (AvgIpc) is 2.36. The lowest BCUT2D eigenvalue weighted by Crippen LogP contribution is -2.04. The molecule has 1 saturated carbocycles. The third-order valence-electron chi connectivity index (χ3n) is 2.73. The summed E-state index contributed by atoms with van der Waals surface area (Å²) in [6, 6.07) is 0. The zero-order chi connectivity index (χ0) is 9.14. The first-order chi connectivity index (χ1) is 5.61. The second kappa shape index (κ2) is 3.74. The Morgan fingerprint density at radius 1 is 1.50 bits per heavy atom. The summed E-state index contributed by atoms with van der Waals surface area (Å²) in [5.74, 6) is 0.384. The van der Waals surface area contributed by atoms with Gasteiger partial charge in [0.05, 0.1) is 0 Å². The van der Waals surface area contributed by atoms with Crippen LogP contribution in [0.2, 0.25) is 0 Å². The molecule has 1 rings (SSSR count). The molecular weight excluding hydrogens is 152 g/mol. The highest BCUT2D eigenvalue weighted by molar-refractivity contribution is 5.85. The number of aliphatic carboxylic acids is 1. The summed E-state index contributed by atoms with van der Waals surface area (Å²) >= 11 is 0. The molecule has 0 amide bonds. The van der Waals surface area contributed by atoms with Gasteiger partial charge in [-0.15, -0.1) is 0 Å². The zero-order valence-corrected chi connectivity index (χ0v) is 7.71. The van der Waals surface area contributed by atoms with E-state index >= 15 is 0 Å². The first-order valence-corrected chi connectivity index (χ1v) is 4.53. The minimum atomic E-state index is -0.783. The van der Waals surface area contributed by atoms with Crippen LogP contribution in [0.5, 0.6) is 0 Å². The van der Waals surface area contributed by atoms with Crippen LogP contribution in [-0.2, 0) is 4.79 Å². The largest absolute Gasteiger partial charge is 0.478 e. The molecule has 1 N–H and O–H groups in total. The number of allylic oxidation sites excluding steroid dienone is 1. The molecule has 0 radical (unpaired) electrons. The molecule has 0 heterocycles. The number of rotatable bonds is 2. The Labute approximate surface area is 73.3 Å². The predicted octanol–water partition coefficient (Wildman–Crippen LogP) is 2.45. The highest BCUT2D eigenvalue weighted by atomic mass is 16.4. The number of carboxylic acid groups (broad SMARTS) is 1. The van der Waals surface area contributed by atoms with E-state index < -0.39 is 5.97 Å². The van der Waals surface area contributed by atoms with E-state index in [4.69, 9.17) is 5.11 Å². The lowest BCUT2D eigenvalue weighted by atomic mass is 9.96. The summed E-state index contributed by atoms with van der Waals surface area (Å²) in [6.07, 6.45) is 5.56. The van der Waals surface area contributed by atoms with Crippen molar-refractivity contribution in [2.45, 2.75) is 33.1 Å². The monoisotopic (exact) mass is 168 g/mol. The summed E-state index contributed by atoms with van der Waals surface area (Å²) in [5, 5.41) is 8.66. The van der Waals surface area contributed by atoms with Gasteiger partial charge in [0.25, 0.3) is 0 Å². The maximum Gasteiger partial charge on any atom is 0.330 e. The molecule has 2 heteroatoms. The van der Waals surface area contributed by atoms with E-state index in [2.05, 4.69) is 6.92 Å². The van der Waals surface area contributed by atoms with Crippen LogP contribution >= 0.6 is 0 Å². The quantitative estimate of drug-likeness (QED) is 0.643. The van der Waals surface area contributed by atoms with Crippen molar-refractivity contribution in [3.05, 3.63) is 11.6 Å². The van der Waals surface area contributed by atoms with Crippen LogP contribution < -0.4 is 0 Å². The fourth-order valence-corrected chi connectivity index (χ4v) is 1.81. The summed E-state index contributed by atoms with van der Waals surface area (Å²) in [7, 11) is 0. The Kier molecular flexibility index (Phi) is 2.90. The Morgan fingerprint density at radius 2 is 2.17 bits per heavy atom. The van der Waals surface area contributed by atoms with E-state index in [1.54, 1.807) is 6.92 Å². The highest BCUT2D eigenvalue weighted by Gasteiger charge is 2.21. The van der Waals surface area contributed by atoms with Gasteiger partial charge in [0, 0.05) is 5.57 Å². The van der Waals surface area contributed by atoms with Gasteiger partial charge in [0.15, 0.2) is 0 Å². The molecule has 2 atom stereocenters. The summed E-state index contributed by atoms with van der Waals surface area (Å²) < 4.78 is 0. The van der Waals surface area contributed by atoms with Gasteiger partial charge in [-0.25, -0.2) is 4.79 Å². The molecule has 68 valence electrons. The standard InChI is InChI=1S/C10H16O2/c1-7-4-3-5-9(7)6-8(2)10(11)12/h6-7,9H,3-5H2,1-2H3,(H,11,12)/b8-6+. The number of hydrogen-bond donors (Lipinski definition) is 1. The van der Waals surface area contributed by atoms with E-state index in [1.807, 2.05) is 6.08 Å². The summed E-state index contributed by atoms with van der Waals surface area (Å²) in [5.41, 5.74) is 0.494. The van der Waals surface area contributed by atoms with Gasteiger partial charge in [0.2, 0.25) is 0 Å². The van der Waals surface area contributed by atoms with Crippen LogP contribution in [0.15, 0.2) is 11.6 Å². The molecule has 0 aliphatic heterocycles. The van der Waals surface area contributed by atoms with E-state index in [1.165, 1.54) is 12.8 Å². The molecule has 0 aromatic carbocycles. The van der Waals surface area contributed by atoms with Crippen LogP contribution in [0.3, 0.4) is 0 Å². The van der Waals surface area contributed by atoms with Crippen molar-refractivity contribution >= 4 is 5.97 Å². The predicted molar refractivity (Wildman–Crippen MR) is 47.9 cm³/mol. The van der Waals surface area contributed by atoms with Crippen molar-refractivity contribution in [2.75, 3.05) is 0 Å². The second-order valence-electron chi connectivity index (χ2n) is 3.73. The van der Waals surface area contributed by atoms with Crippen molar-refractivity contribution in [1.82, 2.24) is 0 Å². The lowest BCUT2D eigenvalue weighted by molar-refractivity contribution is -0.132. The molecule has 0 aromatic heterocycles.